The lowest BCUT2D eigenvalue weighted by molar-refractivity contribution is -0.141. The van der Waals surface area contributed by atoms with Gasteiger partial charge in [-0.25, -0.2) is 4.79 Å². The van der Waals surface area contributed by atoms with Crippen LogP contribution < -0.4 is 14.8 Å². The second kappa shape index (κ2) is 4.95. The molecular weight excluding hydrogens is 222 g/mol. The molecule has 0 spiro atoms. The minimum absolute atomic E-state index is 0.570. The van der Waals surface area contributed by atoms with Crippen LogP contribution in [-0.4, -0.2) is 30.8 Å². The second-order valence-electron chi connectivity index (χ2n) is 4.12. The van der Waals surface area contributed by atoms with Gasteiger partial charge in [-0.3, -0.25) is 0 Å². The lowest BCUT2D eigenvalue weighted by Crippen LogP contribution is -2.40. The predicted molar refractivity (Wildman–Crippen MR) is 64.9 cm³/mol. The minimum atomic E-state index is -1.08. The standard InChI is InChI=1S/C12H17NO4/c1-12(2,11(14)15)13-9-7-8(16-3)5-6-10(9)17-4/h5-7,13H,1-4H3,(H,14,15). The first kappa shape index (κ1) is 13.2. The molecule has 1 rings (SSSR count). The van der Waals surface area contributed by atoms with E-state index in [9.17, 15) is 4.79 Å². The lowest BCUT2D eigenvalue weighted by atomic mass is 10.1. The first-order valence-electron chi connectivity index (χ1n) is 5.14. The van der Waals surface area contributed by atoms with Gasteiger partial charge in [0.25, 0.3) is 0 Å². The first-order valence-corrected chi connectivity index (χ1v) is 5.14. The van der Waals surface area contributed by atoms with Gasteiger partial charge in [-0.05, 0) is 26.0 Å². The Morgan fingerprint density at radius 1 is 1.29 bits per heavy atom. The van der Waals surface area contributed by atoms with Gasteiger partial charge in [-0.2, -0.15) is 0 Å². The molecule has 0 aliphatic rings. The summed E-state index contributed by atoms with van der Waals surface area (Å²) in [6, 6.07) is 5.17. The number of carboxylic acid groups (broad SMARTS) is 1. The summed E-state index contributed by atoms with van der Waals surface area (Å²) < 4.78 is 10.2. The van der Waals surface area contributed by atoms with E-state index in [1.807, 2.05) is 0 Å². The van der Waals surface area contributed by atoms with Crippen LogP contribution >= 0.6 is 0 Å². The zero-order valence-corrected chi connectivity index (χ0v) is 10.4. The van der Waals surface area contributed by atoms with E-state index in [0.29, 0.717) is 17.2 Å². The zero-order valence-electron chi connectivity index (χ0n) is 10.4. The third kappa shape index (κ3) is 3.03. The minimum Gasteiger partial charge on any atom is -0.497 e. The van der Waals surface area contributed by atoms with Crippen LogP contribution in [0.1, 0.15) is 13.8 Å². The highest BCUT2D eigenvalue weighted by molar-refractivity contribution is 5.82. The number of benzene rings is 1. The van der Waals surface area contributed by atoms with Crippen molar-refractivity contribution in [3.8, 4) is 11.5 Å². The molecule has 1 aromatic carbocycles. The molecule has 0 aliphatic heterocycles. The van der Waals surface area contributed by atoms with Crippen molar-refractivity contribution in [3.05, 3.63) is 18.2 Å². The smallest absolute Gasteiger partial charge is 0.328 e. The van der Waals surface area contributed by atoms with Crippen molar-refractivity contribution in [1.29, 1.82) is 0 Å². The maximum Gasteiger partial charge on any atom is 0.328 e. The van der Waals surface area contributed by atoms with Crippen molar-refractivity contribution in [3.63, 3.8) is 0 Å². The van der Waals surface area contributed by atoms with Crippen molar-refractivity contribution in [2.24, 2.45) is 0 Å². The van der Waals surface area contributed by atoms with E-state index in [1.54, 1.807) is 39.2 Å². The normalized spacial score (nSPS) is 10.8. The number of nitrogens with one attached hydrogen (secondary N) is 1. The number of carboxylic acids is 1. The molecule has 5 heteroatoms. The number of ether oxygens (including phenoxy) is 2. The zero-order chi connectivity index (χ0) is 13.1. The molecule has 0 bridgehead atoms. The van der Waals surface area contributed by atoms with Gasteiger partial charge >= 0.3 is 5.97 Å². The highest BCUT2D eigenvalue weighted by Gasteiger charge is 2.27. The summed E-state index contributed by atoms with van der Waals surface area (Å²) in [6.07, 6.45) is 0. The average Bonchev–Trinajstić information content (AvgIpc) is 2.28. The number of hydrogen-bond donors (Lipinski definition) is 2. The molecule has 0 aromatic heterocycles. The number of aliphatic carboxylic acids is 1. The third-order valence-electron chi connectivity index (χ3n) is 2.39. The summed E-state index contributed by atoms with van der Waals surface area (Å²) in [7, 11) is 3.08. The van der Waals surface area contributed by atoms with E-state index in [4.69, 9.17) is 14.6 Å². The van der Waals surface area contributed by atoms with E-state index in [0.717, 1.165) is 0 Å². The van der Waals surface area contributed by atoms with Crippen molar-refractivity contribution in [2.75, 3.05) is 19.5 Å². The number of carbonyl (C=O) groups is 1. The number of anilines is 1. The molecule has 0 saturated heterocycles. The Kier molecular flexibility index (Phi) is 3.83. The van der Waals surface area contributed by atoms with Crippen LogP contribution in [0.5, 0.6) is 11.5 Å². The quantitative estimate of drug-likeness (QED) is 0.822. The number of methoxy groups -OCH3 is 2. The monoisotopic (exact) mass is 239 g/mol. The van der Waals surface area contributed by atoms with Crippen molar-refractivity contribution < 1.29 is 19.4 Å². The van der Waals surface area contributed by atoms with Gasteiger partial charge in [0.15, 0.2) is 0 Å². The Bertz CT molecular complexity index is 415. The molecule has 5 nitrogen and oxygen atoms in total. The van der Waals surface area contributed by atoms with Crippen molar-refractivity contribution in [2.45, 2.75) is 19.4 Å². The Morgan fingerprint density at radius 3 is 2.41 bits per heavy atom. The van der Waals surface area contributed by atoms with Crippen molar-refractivity contribution >= 4 is 11.7 Å². The Hall–Kier alpha value is -1.91. The maximum absolute atomic E-state index is 11.0. The van der Waals surface area contributed by atoms with Gasteiger partial charge < -0.3 is 19.9 Å². The lowest BCUT2D eigenvalue weighted by Gasteiger charge is -2.24. The molecule has 0 unspecified atom stereocenters. The molecule has 0 fully saturated rings. The van der Waals surface area contributed by atoms with Crippen LogP contribution in [0.4, 0.5) is 5.69 Å². The van der Waals surface area contributed by atoms with Gasteiger partial charge in [0, 0.05) is 6.07 Å². The van der Waals surface area contributed by atoms with Crippen LogP contribution in [0, 0.1) is 0 Å². The van der Waals surface area contributed by atoms with Crippen LogP contribution in [-0.2, 0) is 4.79 Å². The van der Waals surface area contributed by atoms with E-state index >= 15 is 0 Å². The molecule has 17 heavy (non-hydrogen) atoms. The summed E-state index contributed by atoms with van der Waals surface area (Å²) in [4.78, 5) is 11.0. The maximum atomic E-state index is 11.0. The molecule has 0 atom stereocenters. The van der Waals surface area contributed by atoms with Crippen LogP contribution in [0.25, 0.3) is 0 Å². The highest BCUT2D eigenvalue weighted by Crippen LogP contribution is 2.31. The molecule has 1 aromatic rings. The van der Waals surface area contributed by atoms with E-state index in [1.165, 1.54) is 7.11 Å². The molecular formula is C12H17NO4. The summed E-state index contributed by atoms with van der Waals surface area (Å²) >= 11 is 0. The van der Waals surface area contributed by atoms with Gasteiger partial charge in [0.2, 0.25) is 0 Å². The molecule has 94 valence electrons. The highest BCUT2D eigenvalue weighted by atomic mass is 16.5. The fraction of sp³-hybridized carbons (Fsp3) is 0.417. The second-order valence-corrected chi connectivity index (χ2v) is 4.12. The molecule has 0 amide bonds. The predicted octanol–water partition coefficient (Wildman–Crippen LogP) is 1.98. The van der Waals surface area contributed by atoms with Crippen LogP contribution in [0.3, 0.4) is 0 Å². The largest absolute Gasteiger partial charge is 0.497 e. The van der Waals surface area contributed by atoms with Gasteiger partial charge in [-0.1, -0.05) is 0 Å². The SMILES string of the molecule is COc1ccc(OC)c(NC(C)(C)C(=O)O)c1. The molecule has 2 N–H and O–H groups in total. The van der Waals surface area contributed by atoms with Crippen LogP contribution in [0.2, 0.25) is 0 Å². The molecule has 0 heterocycles. The fourth-order valence-corrected chi connectivity index (χ4v) is 1.30. The topological polar surface area (TPSA) is 67.8 Å². The Labute approximate surface area is 100 Å². The summed E-state index contributed by atoms with van der Waals surface area (Å²) in [5, 5.41) is 12.0. The number of rotatable bonds is 5. The average molecular weight is 239 g/mol. The molecule has 0 radical (unpaired) electrons. The van der Waals surface area contributed by atoms with Gasteiger partial charge in [0.1, 0.15) is 17.0 Å². The Morgan fingerprint density at radius 2 is 1.94 bits per heavy atom. The van der Waals surface area contributed by atoms with Crippen LogP contribution in [0.15, 0.2) is 18.2 Å². The third-order valence-corrected chi connectivity index (χ3v) is 2.39. The summed E-state index contributed by atoms with van der Waals surface area (Å²) in [5.41, 5.74) is -0.501. The van der Waals surface area contributed by atoms with Gasteiger partial charge in [0.05, 0.1) is 19.9 Å². The van der Waals surface area contributed by atoms with E-state index < -0.39 is 11.5 Å². The molecule has 0 saturated carbocycles. The number of hydrogen-bond acceptors (Lipinski definition) is 4. The summed E-state index contributed by atoms with van der Waals surface area (Å²) in [6.45, 7) is 3.16. The fourth-order valence-electron chi connectivity index (χ4n) is 1.30. The Balaban J connectivity index is 3.07. The molecule has 0 aliphatic carbocycles. The van der Waals surface area contributed by atoms with E-state index in [2.05, 4.69) is 5.32 Å². The summed E-state index contributed by atoms with van der Waals surface area (Å²) in [5.74, 6) is 0.261. The van der Waals surface area contributed by atoms with Crippen molar-refractivity contribution in [1.82, 2.24) is 0 Å². The first-order chi connectivity index (χ1) is 7.90. The van der Waals surface area contributed by atoms with Gasteiger partial charge in [-0.15, -0.1) is 0 Å². The van der Waals surface area contributed by atoms with E-state index in [-0.39, 0.29) is 0 Å².